The third-order valence-electron chi connectivity index (χ3n) is 2.02. The molecular formula is C11H10N2O2S3. The number of thiophene rings is 1. The Kier molecular flexibility index (Phi) is 4.51. The number of hydrogen-bond acceptors (Lipinski definition) is 6. The summed E-state index contributed by atoms with van der Waals surface area (Å²) in [5.41, 5.74) is 0.955. The van der Waals surface area contributed by atoms with Crippen molar-refractivity contribution in [1.82, 2.24) is 10.2 Å². The Morgan fingerprint density at radius 2 is 2.39 bits per heavy atom. The predicted octanol–water partition coefficient (Wildman–Crippen LogP) is 3.30. The highest BCUT2D eigenvalue weighted by molar-refractivity contribution is 8.00. The maximum absolute atomic E-state index is 10.5. The molecule has 0 aliphatic carbocycles. The van der Waals surface area contributed by atoms with Crippen LogP contribution in [0.4, 0.5) is 0 Å². The quantitative estimate of drug-likeness (QED) is 0.678. The van der Waals surface area contributed by atoms with Crippen LogP contribution in [0.3, 0.4) is 0 Å². The second-order valence-corrected chi connectivity index (χ2v) is 6.75. The van der Waals surface area contributed by atoms with Crippen LogP contribution in [0.5, 0.6) is 0 Å². The van der Waals surface area contributed by atoms with E-state index < -0.39 is 5.97 Å². The number of rotatable bonds is 5. The summed E-state index contributed by atoms with van der Waals surface area (Å²) in [5.74, 6) is -0.148. The maximum atomic E-state index is 10.5. The van der Waals surface area contributed by atoms with Crippen molar-refractivity contribution in [3.8, 4) is 0 Å². The first kappa shape index (κ1) is 13.3. The molecule has 2 rings (SSSR count). The van der Waals surface area contributed by atoms with E-state index in [0.29, 0.717) is 0 Å². The van der Waals surface area contributed by atoms with E-state index in [1.165, 1.54) is 0 Å². The van der Waals surface area contributed by atoms with Crippen LogP contribution < -0.4 is 0 Å². The molecule has 2 heterocycles. The molecule has 0 saturated carbocycles. The zero-order chi connectivity index (χ0) is 13.0. The van der Waals surface area contributed by atoms with Gasteiger partial charge in [-0.25, -0.2) is 4.79 Å². The van der Waals surface area contributed by atoms with Gasteiger partial charge in [0, 0.05) is 16.7 Å². The van der Waals surface area contributed by atoms with Crippen molar-refractivity contribution in [2.45, 2.75) is 17.0 Å². The lowest BCUT2D eigenvalue weighted by Gasteiger charge is -1.96. The minimum absolute atomic E-state index is 0.783. The number of carboxylic acid groups (broad SMARTS) is 1. The molecule has 0 fully saturated rings. The van der Waals surface area contributed by atoms with Crippen LogP contribution in [0, 0.1) is 6.92 Å². The Bertz CT molecular complexity index is 574. The molecule has 0 aliphatic rings. The summed E-state index contributed by atoms with van der Waals surface area (Å²) in [6.45, 7) is 1.92. The monoisotopic (exact) mass is 298 g/mol. The van der Waals surface area contributed by atoms with Crippen molar-refractivity contribution < 1.29 is 9.90 Å². The fourth-order valence-electron chi connectivity index (χ4n) is 1.24. The highest BCUT2D eigenvalue weighted by atomic mass is 32.2. The molecule has 0 aliphatic heterocycles. The molecule has 7 heteroatoms. The molecule has 94 valence electrons. The van der Waals surface area contributed by atoms with Crippen LogP contribution in [-0.2, 0) is 10.5 Å². The Hall–Kier alpha value is -1.18. The molecule has 0 radical (unpaired) electrons. The van der Waals surface area contributed by atoms with Gasteiger partial charge < -0.3 is 5.11 Å². The third-order valence-corrected chi connectivity index (χ3v) is 5.14. The van der Waals surface area contributed by atoms with E-state index in [2.05, 4.69) is 10.2 Å². The van der Waals surface area contributed by atoms with Crippen molar-refractivity contribution in [3.05, 3.63) is 33.0 Å². The topological polar surface area (TPSA) is 63.1 Å². The van der Waals surface area contributed by atoms with Gasteiger partial charge in [-0.15, -0.1) is 21.5 Å². The zero-order valence-electron chi connectivity index (χ0n) is 9.49. The predicted molar refractivity (Wildman–Crippen MR) is 75.2 cm³/mol. The van der Waals surface area contributed by atoms with E-state index in [4.69, 9.17) is 5.11 Å². The largest absolute Gasteiger partial charge is 0.478 e. The third kappa shape index (κ3) is 3.66. The van der Waals surface area contributed by atoms with E-state index in [1.807, 2.05) is 18.4 Å². The number of carboxylic acids is 1. The number of carbonyl (C=O) groups is 1. The number of aliphatic carboxylic acids is 1. The second kappa shape index (κ2) is 6.12. The standard InChI is InChI=1S/C11H10N2O2S3/c1-7-12-13-11(18-7)17-6-9-8(4-5-16-9)2-3-10(14)15/h2-5H,6H2,1H3,(H,14,15). The number of aromatic nitrogens is 2. The Balaban J connectivity index is 2.01. The minimum Gasteiger partial charge on any atom is -0.478 e. The van der Waals surface area contributed by atoms with Gasteiger partial charge in [0.2, 0.25) is 0 Å². The minimum atomic E-state index is -0.931. The van der Waals surface area contributed by atoms with E-state index in [0.717, 1.165) is 31.6 Å². The Labute approximate surface area is 116 Å². The van der Waals surface area contributed by atoms with E-state index >= 15 is 0 Å². The van der Waals surface area contributed by atoms with E-state index in [9.17, 15) is 4.79 Å². The summed E-state index contributed by atoms with van der Waals surface area (Å²) < 4.78 is 0.939. The van der Waals surface area contributed by atoms with Gasteiger partial charge in [-0.3, -0.25) is 0 Å². The first-order valence-corrected chi connectivity index (χ1v) is 7.73. The molecule has 1 N–H and O–H groups in total. The average Bonchev–Trinajstić information content (AvgIpc) is 2.92. The first-order valence-electron chi connectivity index (χ1n) is 5.05. The second-order valence-electron chi connectivity index (χ2n) is 3.35. The Morgan fingerprint density at radius 3 is 3.06 bits per heavy atom. The van der Waals surface area contributed by atoms with Gasteiger partial charge in [-0.05, 0) is 30.0 Å². The van der Waals surface area contributed by atoms with E-state index in [1.54, 1.807) is 40.5 Å². The number of thioether (sulfide) groups is 1. The molecule has 0 unspecified atom stereocenters. The zero-order valence-corrected chi connectivity index (χ0v) is 11.9. The fourth-order valence-corrected chi connectivity index (χ4v) is 4.05. The molecular weight excluding hydrogens is 288 g/mol. The van der Waals surface area contributed by atoms with Gasteiger partial charge in [0.15, 0.2) is 4.34 Å². The number of nitrogens with zero attached hydrogens (tertiary/aromatic N) is 2. The van der Waals surface area contributed by atoms with Gasteiger partial charge in [-0.1, -0.05) is 23.1 Å². The van der Waals surface area contributed by atoms with Gasteiger partial charge in [0.1, 0.15) is 5.01 Å². The normalized spacial score (nSPS) is 11.2. The summed E-state index contributed by atoms with van der Waals surface area (Å²) in [6.07, 6.45) is 2.78. The molecule has 2 aromatic rings. The van der Waals surface area contributed by atoms with Gasteiger partial charge in [0.25, 0.3) is 0 Å². The SMILES string of the molecule is Cc1nnc(SCc2sccc2C=CC(=O)O)s1. The van der Waals surface area contributed by atoms with Crippen LogP contribution in [0.1, 0.15) is 15.4 Å². The summed E-state index contributed by atoms with van der Waals surface area (Å²) in [6, 6.07) is 1.92. The molecule has 0 bridgehead atoms. The van der Waals surface area contributed by atoms with Crippen molar-refractivity contribution in [2.24, 2.45) is 0 Å². The Morgan fingerprint density at radius 1 is 1.56 bits per heavy atom. The van der Waals surface area contributed by atoms with Gasteiger partial charge in [0.05, 0.1) is 0 Å². The fraction of sp³-hybridized carbons (Fsp3) is 0.182. The maximum Gasteiger partial charge on any atom is 0.328 e. The van der Waals surface area contributed by atoms with Crippen LogP contribution >= 0.6 is 34.4 Å². The van der Waals surface area contributed by atoms with Crippen molar-refractivity contribution >= 4 is 46.5 Å². The number of aryl methyl sites for hydroxylation is 1. The first-order chi connectivity index (χ1) is 8.65. The summed E-state index contributed by atoms with van der Waals surface area (Å²) in [5, 5.41) is 19.5. The van der Waals surface area contributed by atoms with Crippen LogP contribution in [-0.4, -0.2) is 21.3 Å². The average molecular weight is 298 g/mol. The molecule has 2 aromatic heterocycles. The smallest absolute Gasteiger partial charge is 0.328 e. The van der Waals surface area contributed by atoms with E-state index in [-0.39, 0.29) is 0 Å². The molecule has 4 nitrogen and oxygen atoms in total. The van der Waals surface area contributed by atoms with Crippen LogP contribution in [0.25, 0.3) is 6.08 Å². The summed E-state index contributed by atoms with van der Waals surface area (Å²) >= 11 is 4.81. The molecule has 0 aromatic carbocycles. The van der Waals surface area contributed by atoms with Gasteiger partial charge >= 0.3 is 5.97 Å². The van der Waals surface area contributed by atoms with Gasteiger partial charge in [-0.2, -0.15) is 0 Å². The van der Waals surface area contributed by atoms with Crippen LogP contribution in [0.15, 0.2) is 21.9 Å². The lowest BCUT2D eigenvalue weighted by Crippen LogP contribution is -1.86. The lowest BCUT2D eigenvalue weighted by molar-refractivity contribution is -0.131. The highest BCUT2D eigenvalue weighted by Crippen LogP contribution is 2.29. The molecule has 0 atom stereocenters. The van der Waals surface area contributed by atoms with Crippen molar-refractivity contribution in [2.75, 3.05) is 0 Å². The van der Waals surface area contributed by atoms with Crippen LogP contribution in [0.2, 0.25) is 0 Å². The highest BCUT2D eigenvalue weighted by Gasteiger charge is 2.06. The molecule has 0 amide bonds. The lowest BCUT2D eigenvalue weighted by atomic mass is 10.2. The number of hydrogen-bond donors (Lipinski definition) is 1. The van der Waals surface area contributed by atoms with Crippen molar-refractivity contribution in [3.63, 3.8) is 0 Å². The van der Waals surface area contributed by atoms with Crippen molar-refractivity contribution in [1.29, 1.82) is 0 Å². The summed E-state index contributed by atoms with van der Waals surface area (Å²) in [4.78, 5) is 11.6. The molecule has 0 spiro atoms. The summed E-state index contributed by atoms with van der Waals surface area (Å²) in [7, 11) is 0. The molecule has 18 heavy (non-hydrogen) atoms. The molecule has 0 saturated heterocycles.